The molecule has 106 valence electrons. The van der Waals surface area contributed by atoms with Gasteiger partial charge in [0, 0.05) is 16.1 Å². The van der Waals surface area contributed by atoms with Crippen molar-refractivity contribution in [3.8, 4) is 0 Å². The smallest absolute Gasteiger partial charge is 0.419 e. The van der Waals surface area contributed by atoms with E-state index < -0.39 is 11.7 Å². The third-order valence-corrected chi connectivity index (χ3v) is 3.87. The highest BCUT2D eigenvalue weighted by Gasteiger charge is 2.21. The number of nitrogens with zero attached hydrogens (tertiary/aromatic N) is 1. The number of rotatable bonds is 1. The quantitative estimate of drug-likeness (QED) is 0.697. The Morgan fingerprint density at radius 2 is 2.10 bits per heavy atom. The van der Waals surface area contributed by atoms with E-state index in [0.29, 0.717) is 16.3 Å². The average Bonchev–Trinajstić information content (AvgIpc) is 2.72. The second kappa shape index (κ2) is 5.22. The summed E-state index contributed by atoms with van der Waals surface area (Å²) < 4.78 is 7.21. The standard InChI is InChI=1S/C14H13BrClNO3/c1-14(2,3)20-13(19)17-5-4-8-6-10(15)11(16)9(7-18)12(8)17/h4-7H,1-3H3. The molecule has 1 aromatic heterocycles. The molecule has 0 bridgehead atoms. The Bertz CT molecular complexity index is 700. The zero-order chi connectivity index (χ0) is 15.1. The van der Waals surface area contributed by atoms with Crippen molar-refractivity contribution in [3.05, 3.63) is 33.4 Å². The number of carbonyl (C=O) groups is 2. The molecule has 0 spiro atoms. The highest BCUT2D eigenvalue weighted by atomic mass is 79.9. The molecule has 2 rings (SSSR count). The SMILES string of the molecule is CC(C)(C)OC(=O)n1ccc2cc(Br)c(Cl)c(C=O)c21. The van der Waals surface area contributed by atoms with Gasteiger partial charge in [-0.1, -0.05) is 11.6 Å². The maximum Gasteiger partial charge on any atom is 0.419 e. The third-order valence-electron chi connectivity index (χ3n) is 2.61. The molecule has 4 nitrogen and oxygen atoms in total. The number of fused-ring (bicyclic) bond motifs is 1. The van der Waals surface area contributed by atoms with Gasteiger partial charge >= 0.3 is 6.09 Å². The van der Waals surface area contributed by atoms with Gasteiger partial charge in [0.2, 0.25) is 0 Å². The van der Waals surface area contributed by atoms with Crippen molar-refractivity contribution < 1.29 is 14.3 Å². The number of hydrogen-bond acceptors (Lipinski definition) is 3. The summed E-state index contributed by atoms with van der Waals surface area (Å²) in [6, 6.07) is 3.48. The molecule has 1 aromatic carbocycles. The first-order valence-electron chi connectivity index (χ1n) is 5.92. The summed E-state index contributed by atoms with van der Waals surface area (Å²) in [6.07, 6.45) is 1.65. The summed E-state index contributed by atoms with van der Waals surface area (Å²) in [7, 11) is 0. The van der Waals surface area contributed by atoms with Gasteiger partial charge in [0.1, 0.15) is 5.60 Å². The van der Waals surface area contributed by atoms with Crippen LogP contribution < -0.4 is 0 Å². The molecule has 0 radical (unpaired) electrons. The van der Waals surface area contributed by atoms with Crippen LogP contribution in [-0.4, -0.2) is 22.5 Å². The van der Waals surface area contributed by atoms with Crippen LogP contribution in [-0.2, 0) is 4.74 Å². The number of carbonyl (C=O) groups excluding carboxylic acids is 2. The Balaban J connectivity index is 2.65. The minimum atomic E-state index is -0.617. The summed E-state index contributed by atoms with van der Waals surface area (Å²) in [5, 5.41) is 1.00. The number of benzene rings is 1. The lowest BCUT2D eigenvalue weighted by molar-refractivity contribution is 0.0544. The van der Waals surface area contributed by atoms with E-state index in [1.807, 2.05) is 0 Å². The average molecular weight is 359 g/mol. The van der Waals surface area contributed by atoms with Gasteiger partial charge in [-0.05, 0) is 48.8 Å². The van der Waals surface area contributed by atoms with Crippen LogP contribution in [0.3, 0.4) is 0 Å². The highest BCUT2D eigenvalue weighted by molar-refractivity contribution is 9.10. The summed E-state index contributed by atoms with van der Waals surface area (Å²) >= 11 is 9.38. The van der Waals surface area contributed by atoms with Crippen molar-refractivity contribution in [2.75, 3.05) is 0 Å². The molecule has 20 heavy (non-hydrogen) atoms. The normalized spacial score (nSPS) is 11.7. The van der Waals surface area contributed by atoms with E-state index in [2.05, 4.69) is 15.9 Å². The molecule has 0 aliphatic heterocycles. The first-order valence-corrected chi connectivity index (χ1v) is 7.09. The molecule has 0 atom stereocenters. The Labute approximate surface area is 129 Å². The molecule has 0 unspecified atom stereocenters. The zero-order valence-electron chi connectivity index (χ0n) is 11.2. The predicted octanol–water partition coefficient (Wildman–Crippen LogP) is 4.65. The number of hydrogen-bond donors (Lipinski definition) is 0. The van der Waals surface area contributed by atoms with Gasteiger partial charge in [-0.2, -0.15) is 0 Å². The molecule has 1 heterocycles. The minimum absolute atomic E-state index is 0.256. The summed E-state index contributed by atoms with van der Waals surface area (Å²) in [6.45, 7) is 5.34. The van der Waals surface area contributed by atoms with Crippen LogP contribution in [0.5, 0.6) is 0 Å². The zero-order valence-corrected chi connectivity index (χ0v) is 13.6. The lowest BCUT2D eigenvalue weighted by Crippen LogP contribution is -2.26. The van der Waals surface area contributed by atoms with Gasteiger partial charge in [-0.15, -0.1) is 0 Å². The Hall–Kier alpha value is -1.33. The summed E-state index contributed by atoms with van der Waals surface area (Å²) in [5.41, 5.74) is 0.0862. The van der Waals surface area contributed by atoms with Crippen molar-refractivity contribution in [1.29, 1.82) is 0 Å². The maximum atomic E-state index is 12.2. The van der Waals surface area contributed by atoms with Crippen LogP contribution in [0, 0.1) is 0 Å². The number of halogens is 2. The molecule has 0 fully saturated rings. The second-order valence-electron chi connectivity index (χ2n) is 5.31. The van der Waals surface area contributed by atoms with Gasteiger partial charge < -0.3 is 4.74 Å². The van der Waals surface area contributed by atoms with E-state index >= 15 is 0 Å². The summed E-state index contributed by atoms with van der Waals surface area (Å²) in [4.78, 5) is 23.5. The van der Waals surface area contributed by atoms with Crippen molar-refractivity contribution in [2.45, 2.75) is 26.4 Å². The minimum Gasteiger partial charge on any atom is -0.443 e. The number of aromatic nitrogens is 1. The summed E-state index contributed by atoms with van der Waals surface area (Å²) in [5.74, 6) is 0. The Morgan fingerprint density at radius 1 is 1.45 bits per heavy atom. The van der Waals surface area contributed by atoms with E-state index in [1.54, 1.807) is 39.1 Å². The van der Waals surface area contributed by atoms with Gasteiger partial charge in [0.05, 0.1) is 16.1 Å². The lowest BCUT2D eigenvalue weighted by atomic mass is 10.1. The molecule has 6 heteroatoms. The molecular weight excluding hydrogens is 346 g/mol. The van der Waals surface area contributed by atoms with Crippen LogP contribution in [0.15, 0.2) is 22.8 Å². The third kappa shape index (κ3) is 2.74. The van der Waals surface area contributed by atoms with Crippen molar-refractivity contribution in [3.63, 3.8) is 0 Å². The molecule has 0 saturated carbocycles. The van der Waals surface area contributed by atoms with E-state index in [1.165, 1.54) is 4.57 Å². The molecule has 2 aromatic rings. The van der Waals surface area contributed by atoms with Crippen LogP contribution in [0.1, 0.15) is 31.1 Å². The van der Waals surface area contributed by atoms with Crippen molar-refractivity contribution in [1.82, 2.24) is 4.57 Å². The molecule has 0 saturated heterocycles. The number of aldehydes is 1. The van der Waals surface area contributed by atoms with Crippen LogP contribution in [0.25, 0.3) is 10.9 Å². The molecule has 0 N–H and O–H groups in total. The van der Waals surface area contributed by atoms with E-state index in [4.69, 9.17) is 16.3 Å². The fourth-order valence-corrected chi connectivity index (χ4v) is 2.50. The first kappa shape index (κ1) is 15.1. The van der Waals surface area contributed by atoms with Gasteiger partial charge in [-0.25, -0.2) is 4.79 Å². The first-order chi connectivity index (χ1) is 9.24. The predicted molar refractivity (Wildman–Crippen MR) is 81.7 cm³/mol. The molecule has 0 aliphatic rings. The molecule has 0 amide bonds. The van der Waals surface area contributed by atoms with Gasteiger partial charge in [-0.3, -0.25) is 9.36 Å². The Morgan fingerprint density at radius 3 is 2.65 bits per heavy atom. The van der Waals surface area contributed by atoms with Gasteiger partial charge in [0.15, 0.2) is 6.29 Å². The Kier molecular flexibility index (Phi) is 3.93. The topological polar surface area (TPSA) is 48.3 Å². The van der Waals surface area contributed by atoms with Crippen LogP contribution in [0.2, 0.25) is 5.02 Å². The lowest BCUT2D eigenvalue weighted by Gasteiger charge is -2.20. The molecule has 0 aliphatic carbocycles. The maximum absolute atomic E-state index is 12.2. The second-order valence-corrected chi connectivity index (χ2v) is 6.54. The monoisotopic (exact) mass is 357 g/mol. The van der Waals surface area contributed by atoms with Crippen LogP contribution in [0.4, 0.5) is 4.79 Å². The van der Waals surface area contributed by atoms with Crippen molar-refractivity contribution >= 4 is 50.8 Å². The molecular formula is C14H13BrClNO3. The van der Waals surface area contributed by atoms with Gasteiger partial charge in [0.25, 0.3) is 0 Å². The van der Waals surface area contributed by atoms with Crippen molar-refractivity contribution in [2.24, 2.45) is 0 Å². The largest absolute Gasteiger partial charge is 0.443 e. The van der Waals surface area contributed by atoms with E-state index in [-0.39, 0.29) is 10.6 Å². The highest BCUT2D eigenvalue weighted by Crippen LogP contribution is 2.33. The number of ether oxygens (including phenoxy) is 1. The van der Waals surface area contributed by atoms with E-state index in [9.17, 15) is 9.59 Å². The van der Waals surface area contributed by atoms with E-state index in [0.717, 1.165) is 5.39 Å². The fraction of sp³-hybridized carbons (Fsp3) is 0.286. The van der Waals surface area contributed by atoms with Crippen LogP contribution >= 0.6 is 27.5 Å². The fourth-order valence-electron chi connectivity index (χ4n) is 1.85.